The zero-order chi connectivity index (χ0) is 14.7. The van der Waals surface area contributed by atoms with Gasteiger partial charge in [-0.05, 0) is 59.4 Å². The monoisotopic (exact) mass is 402 g/mol. The maximum absolute atomic E-state index is 12.4. The predicted molar refractivity (Wildman–Crippen MR) is 90.9 cm³/mol. The minimum atomic E-state index is -0.330. The van der Waals surface area contributed by atoms with Gasteiger partial charge in [0.1, 0.15) is 0 Å². The standard InChI is InChI=1S/C14H15IN2O2S/c1-2-3-4-5-12(18)17-13(19)10-8-9(15)6-7-11(10)16-14(17)20/h6-8H,2-5H2,1H3,(H,16,20). The number of H-pyrrole nitrogens is 1. The van der Waals surface area contributed by atoms with Gasteiger partial charge in [-0.15, -0.1) is 0 Å². The first-order chi connectivity index (χ1) is 9.54. The Morgan fingerprint density at radius 2 is 2.15 bits per heavy atom. The number of aromatic nitrogens is 2. The molecule has 0 saturated heterocycles. The van der Waals surface area contributed by atoms with Crippen molar-refractivity contribution in [1.29, 1.82) is 0 Å². The molecular weight excluding hydrogens is 387 g/mol. The van der Waals surface area contributed by atoms with Crippen molar-refractivity contribution in [2.75, 3.05) is 0 Å². The lowest BCUT2D eigenvalue weighted by Crippen LogP contribution is -2.28. The van der Waals surface area contributed by atoms with Crippen molar-refractivity contribution in [2.24, 2.45) is 0 Å². The lowest BCUT2D eigenvalue weighted by atomic mass is 10.2. The Hall–Kier alpha value is -1.02. The third-order valence-corrected chi connectivity index (χ3v) is 4.06. The van der Waals surface area contributed by atoms with Crippen LogP contribution in [-0.4, -0.2) is 15.5 Å². The molecule has 4 nitrogen and oxygen atoms in total. The van der Waals surface area contributed by atoms with Crippen molar-refractivity contribution in [3.63, 3.8) is 0 Å². The Balaban J connectivity index is 2.51. The second kappa shape index (κ2) is 6.62. The fourth-order valence-corrected chi connectivity index (χ4v) is 2.84. The van der Waals surface area contributed by atoms with Crippen molar-refractivity contribution in [1.82, 2.24) is 9.55 Å². The molecule has 0 aliphatic rings. The highest BCUT2D eigenvalue weighted by Gasteiger charge is 2.12. The molecule has 0 saturated carbocycles. The quantitative estimate of drug-likeness (QED) is 0.480. The molecule has 1 aromatic carbocycles. The Bertz CT molecular complexity index is 764. The normalized spacial score (nSPS) is 10.9. The molecule has 0 radical (unpaired) electrons. The number of fused-ring (bicyclic) bond motifs is 1. The number of rotatable bonds is 4. The van der Waals surface area contributed by atoms with Crippen molar-refractivity contribution >= 4 is 51.6 Å². The minimum absolute atomic E-state index is 0.171. The summed E-state index contributed by atoms with van der Waals surface area (Å²) in [6.45, 7) is 2.07. The number of unbranched alkanes of at least 4 members (excludes halogenated alkanes) is 2. The number of hydrogen-bond donors (Lipinski definition) is 1. The van der Waals surface area contributed by atoms with Gasteiger partial charge in [-0.1, -0.05) is 19.8 Å². The van der Waals surface area contributed by atoms with Crippen LogP contribution in [0.5, 0.6) is 0 Å². The van der Waals surface area contributed by atoms with Gasteiger partial charge in [0.05, 0.1) is 10.9 Å². The van der Waals surface area contributed by atoms with Crippen LogP contribution in [0, 0.1) is 8.34 Å². The van der Waals surface area contributed by atoms with E-state index in [1.165, 1.54) is 0 Å². The molecule has 0 fully saturated rings. The van der Waals surface area contributed by atoms with Gasteiger partial charge < -0.3 is 4.98 Å². The van der Waals surface area contributed by atoms with E-state index in [0.29, 0.717) is 17.3 Å². The number of carbonyl (C=O) groups excluding carboxylic acids is 1. The predicted octanol–water partition coefficient (Wildman–Crippen LogP) is 3.88. The van der Waals surface area contributed by atoms with Crippen molar-refractivity contribution < 1.29 is 4.79 Å². The Labute approximate surface area is 135 Å². The number of carbonyl (C=O) groups is 1. The summed E-state index contributed by atoms with van der Waals surface area (Å²) in [5.41, 5.74) is 0.335. The van der Waals surface area contributed by atoms with E-state index in [1.807, 2.05) is 6.07 Å². The molecule has 0 atom stereocenters. The summed E-state index contributed by atoms with van der Waals surface area (Å²) >= 11 is 7.28. The van der Waals surface area contributed by atoms with Crippen LogP contribution in [0.3, 0.4) is 0 Å². The van der Waals surface area contributed by atoms with Gasteiger partial charge in [0, 0.05) is 9.99 Å². The Kier molecular flexibility index (Phi) is 5.09. The van der Waals surface area contributed by atoms with Gasteiger partial charge in [0.15, 0.2) is 4.77 Å². The van der Waals surface area contributed by atoms with E-state index in [2.05, 4.69) is 34.5 Å². The molecule has 1 N–H and O–H groups in total. The maximum atomic E-state index is 12.4. The van der Waals surface area contributed by atoms with Crippen LogP contribution in [-0.2, 0) is 0 Å². The zero-order valence-corrected chi connectivity index (χ0v) is 14.1. The summed E-state index contributed by atoms with van der Waals surface area (Å²) in [5.74, 6) is -0.231. The molecule has 0 unspecified atom stereocenters. The first kappa shape index (κ1) is 15.4. The first-order valence-electron chi connectivity index (χ1n) is 6.52. The van der Waals surface area contributed by atoms with Gasteiger partial charge in [-0.2, -0.15) is 0 Å². The van der Waals surface area contributed by atoms with Crippen molar-refractivity contribution in [2.45, 2.75) is 32.6 Å². The molecular formula is C14H15IN2O2S. The van der Waals surface area contributed by atoms with Crippen LogP contribution in [0.2, 0.25) is 0 Å². The zero-order valence-electron chi connectivity index (χ0n) is 11.1. The molecule has 0 spiro atoms. The van der Waals surface area contributed by atoms with E-state index in [4.69, 9.17) is 12.2 Å². The molecule has 20 heavy (non-hydrogen) atoms. The van der Waals surface area contributed by atoms with Gasteiger partial charge >= 0.3 is 0 Å². The second-order valence-corrected chi connectivity index (χ2v) is 6.24. The van der Waals surface area contributed by atoms with E-state index in [9.17, 15) is 9.59 Å². The van der Waals surface area contributed by atoms with Crippen molar-refractivity contribution in [3.8, 4) is 0 Å². The topological polar surface area (TPSA) is 54.9 Å². The van der Waals surface area contributed by atoms with E-state index < -0.39 is 0 Å². The Morgan fingerprint density at radius 3 is 2.85 bits per heavy atom. The fraction of sp³-hybridized carbons (Fsp3) is 0.357. The third kappa shape index (κ3) is 3.17. The molecule has 106 valence electrons. The second-order valence-electron chi connectivity index (χ2n) is 4.61. The number of aromatic amines is 1. The van der Waals surface area contributed by atoms with Crippen LogP contribution in [0.15, 0.2) is 23.0 Å². The summed E-state index contributed by atoms with van der Waals surface area (Å²) in [4.78, 5) is 27.5. The molecule has 2 aromatic rings. The van der Waals surface area contributed by atoms with Gasteiger partial charge in [-0.25, -0.2) is 4.57 Å². The molecule has 0 aliphatic heterocycles. The summed E-state index contributed by atoms with van der Waals surface area (Å²) < 4.78 is 2.21. The van der Waals surface area contributed by atoms with Gasteiger partial charge in [-0.3, -0.25) is 9.59 Å². The van der Waals surface area contributed by atoms with Crippen molar-refractivity contribution in [3.05, 3.63) is 36.9 Å². The Morgan fingerprint density at radius 1 is 1.40 bits per heavy atom. The summed E-state index contributed by atoms with van der Waals surface area (Å²) in [5, 5.41) is 0.495. The number of benzene rings is 1. The minimum Gasteiger partial charge on any atom is -0.331 e. The van der Waals surface area contributed by atoms with E-state index >= 15 is 0 Å². The molecule has 1 heterocycles. The van der Waals surface area contributed by atoms with Crippen LogP contribution in [0.1, 0.15) is 37.4 Å². The summed E-state index contributed by atoms with van der Waals surface area (Å²) in [6.07, 6.45) is 3.13. The largest absolute Gasteiger partial charge is 0.331 e. The van der Waals surface area contributed by atoms with Crippen LogP contribution >= 0.6 is 34.8 Å². The first-order valence-corrected chi connectivity index (χ1v) is 8.01. The number of halogens is 1. The highest BCUT2D eigenvalue weighted by molar-refractivity contribution is 14.1. The van der Waals surface area contributed by atoms with Gasteiger partial charge in [0.25, 0.3) is 5.56 Å². The maximum Gasteiger partial charge on any atom is 0.269 e. The van der Waals surface area contributed by atoms with E-state index in [0.717, 1.165) is 27.4 Å². The highest BCUT2D eigenvalue weighted by Crippen LogP contribution is 2.12. The smallest absolute Gasteiger partial charge is 0.269 e. The highest BCUT2D eigenvalue weighted by atomic mass is 127. The fourth-order valence-electron chi connectivity index (χ4n) is 2.05. The molecule has 0 amide bonds. The number of nitrogens with one attached hydrogen (secondary N) is 1. The van der Waals surface area contributed by atoms with E-state index in [1.54, 1.807) is 12.1 Å². The van der Waals surface area contributed by atoms with Crippen LogP contribution < -0.4 is 5.56 Å². The SMILES string of the molecule is CCCCCC(=O)n1c(=S)[nH]c2ccc(I)cc2c1=O. The lowest BCUT2D eigenvalue weighted by Gasteiger charge is -2.07. The van der Waals surface area contributed by atoms with Gasteiger partial charge in [0.2, 0.25) is 5.91 Å². The number of nitrogens with zero attached hydrogens (tertiary/aromatic N) is 1. The summed E-state index contributed by atoms with van der Waals surface area (Å²) in [6, 6.07) is 5.46. The average Bonchev–Trinajstić information content (AvgIpc) is 2.40. The molecule has 0 bridgehead atoms. The molecule has 6 heteroatoms. The molecule has 0 aliphatic carbocycles. The lowest BCUT2D eigenvalue weighted by molar-refractivity contribution is 0.0892. The number of hydrogen-bond acceptors (Lipinski definition) is 3. The molecule has 2 rings (SSSR count). The average molecular weight is 402 g/mol. The van der Waals surface area contributed by atoms with Crippen LogP contribution in [0.4, 0.5) is 0 Å². The van der Waals surface area contributed by atoms with Crippen LogP contribution in [0.25, 0.3) is 10.9 Å². The summed E-state index contributed by atoms with van der Waals surface area (Å²) in [7, 11) is 0. The molecule has 1 aromatic heterocycles. The van der Waals surface area contributed by atoms with E-state index in [-0.39, 0.29) is 16.2 Å². The third-order valence-electron chi connectivity index (χ3n) is 3.10.